The second-order valence-electron chi connectivity index (χ2n) is 13.0. The van der Waals surface area contributed by atoms with Gasteiger partial charge in [0, 0.05) is 5.41 Å². The highest BCUT2D eigenvalue weighted by Crippen LogP contribution is 2.74. The van der Waals surface area contributed by atoms with Gasteiger partial charge in [0.2, 0.25) is 11.8 Å². The lowest BCUT2D eigenvalue weighted by Gasteiger charge is -2.68. The molecule has 0 radical (unpaired) electrons. The van der Waals surface area contributed by atoms with Gasteiger partial charge < -0.3 is 10.2 Å². The van der Waals surface area contributed by atoms with Crippen LogP contribution in [0, 0.1) is 51.8 Å². The Morgan fingerprint density at radius 3 is 2.44 bits per heavy atom. The van der Waals surface area contributed by atoms with Gasteiger partial charge in [-0.05, 0) is 80.2 Å². The number of carbonyl (C=O) groups is 3. The van der Waals surface area contributed by atoms with E-state index in [1.54, 1.807) is 18.2 Å². The lowest BCUT2D eigenvalue weighted by atomic mass is 9.34. The lowest BCUT2D eigenvalue weighted by molar-refractivity contribution is -0.194. The molecule has 1 aromatic rings. The third-order valence-corrected chi connectivity index (χ3v) is 11.3. The second-order valence-corrected chi connectivity index (χ2v) is 13.0. The zero-order valence-electron chi connectivity index (χ0n) is 21.7. The first-order chi connectivity index (χ1) is 17.0. The molecule has 6 heteroatoms. The zero-order chi connectivity index (χ0) is 25.8. The smallest absolute Gasteiger partial charge is 0.309 e. The van der Waals surface area contributed by atoms with Crippen molar-refractivity contribution in [3.8, 4) is 5.75 Å². The Hall–Kier alpha value is -2.63. The number of rotatable bonds is 3. The topological polar surface area (TPSA) is 94.9 Å². The molecule has 1 spiro atoms. The Morgan fingerprint density at radius 1 is 1.06 bits per heavy atom. The number of amides is 2. The highest BCUT2D eigenvalue weighted by Gasteiger charge is 2.73. The summed E-state index contributed by atoms with van der Waals surface area (Å²) in [7, 11) is 0. The van der Waals surface area contributed by atoms with Crippen molar-refractivity contribution >= 4 is 23.5 Å². The number of hydrogen-bond donors (Lipinski definition) is 2. The van der Waals surface area contributed by atoms with E-state index in [2.05, 4.69) is 26.8 Å². The molecule has 6 nitrogen and oxygen atoms in total. The van der Waals surface area contributed by atoms with Crippen molar-refractivity contribution in [2.24, 2.45) is 51.8 Å². The number of benzene rings is 1. The average molecular weight is 492 g/mol. The normalized spacial score (nSPS) is 43.2. The van der Waals surface area contributed by atoms with E-state index in [4.69, 9.17) is 0 Å². The first kappa shape index (κ1) is 23.7. The van der Waals surface area contributed by atoms with E-state index < -0.39 is 28.6 Å². The van der Waals surface area contributed by atoms with E-state index in [0.717, 1.165) is 32.1 Å². The minimum absolute atomic E-state index is 0.0252. The number of hydrogen-bond acceptors (Lipinski definition) is 4. The number of allylic oxidation sites excluding steroid dienone is 2. The van der Waals surface area contributed by atoms with Crippen LogP contribution in [0.1, 0.15) is 66.2 Å². The molecule has 6 aliphatic rings. The maximum Gasteiger partial charge on any atom is 0.309 e. The van der Waals surface area contributed by atoms with Crippen LogP contribution in [0.15, 0.2) is 35.9 Å². The molecular formula is C30H37NO5. The van der Waals surface area contributed by atoms with Gasteiger partial charge in [0.05, 0.1) is 22.9 Å². The Balaban J connectivity index is 1.50. The van der Waals surface area contributed by atoms with Crippen molar-refractivity contribution in [2.75, 3.05) is 4.90 Å². The molecule has 1 aromatic carbocycles. The number of imide groups is 1. The van der Waals surface area contributed by atoms with Crippen LogP contribution < -0.4 is 4.90 Å². The van der Waals surface area contributed by atoms with Gasteiger partial charge in [-0.3, -0.25) is 14.4 Å². The summed E-state index contributed by atoms with van der Waals surface area (Å²) in [5.74, 6) is -1.54. The van der Waals surface area contributed by atoms with Crippen molar-refractivity contribution in [3.05, 3.63) is 35.9 Å². The predicted molar refractivity (Wildman–Crippen MR) is 135 cm³/mol. The van der Waals surface area contributed by atoms with E-state index >= 15 is 0 Å². The molecule has 5 aliphatic carbocycles. The van der Waals surface area contributed by atoms with Crippen LogP contribution in [0.25, 0.3) is 0 Å². The molecule has 36 heavy (non-hydrogen) atoms. The molecule has 1 saturated heterocycles. The first-order valence-corrected chi connectivity index (χ1v) is 13.6. The van der Waals surface area contributed by atoms with E-state index in [1.807, 2.05) is 6.92 Å². The summed E-state index contributed by atoms with van der Waals surface area (Å²) in [6.45, 7) is 8.55. The Labute approximate surface area is 212 Å². The van der Waals surface area contributed by atoms with Gasteiger partial charge in [-0.15, -0.1) is 0 Å². The van der Waals surface area contributed by atoms with Crippen molar-refractivity contribution in [1.82, 2.24) is 0 Å². The number of aliphatic carboxylic acids is 1. The molecule has 3 saturated carbocycles. The lowest BCUT2D eigenvalue weighted by Crippen LogP contribution is -2.65. The summed E-state index contributed by atoms with van der Waals surface area (Å²) in [4.78, 5) is 41.9. The minimum atomic E-state index is -0.757. The fraction of sp³-hybridized carbons (Fsp3) is 0.633. The highest BCUT2D eigenvalue weighted by molar-refractivity contribution is 6.23. The number of phenolic OH excluding ortho intramolecular Hbond substituents is 1. The second kappa shape index (κ2) is 7.45. The molecular weight excluding hydrogens is 454 g/mol. The fourth-order valence-corrected chi connectivity index (χ4v) is 9.85. The Morgan fingerprint density at radius 2 is 1.78 bits per heavy atom. The van der Waals surface area contributed by atoms with Crippen LogP contribution in [-0.4, -0.2) is 28.0 Å². The van der Waals surface area contributed by atoms with Gasteiger partial charge in [0.15, 0.2) is 0 Å². The monoisotopic (exact) mass is 491 g/mol. The SMILES string of the molecule is CC(C)C1=C[C@]23CC[C@@H]4[C@](C)(CCC[C@@]4(C)C(=O)O)[C@@H]2C[C@@H]1[C@H]1C(=O)N(c2ccccc2O)C(=O)[C@H]13. The molecule has 2 N–H and O–H groups in total. The number of nitrogens with zero attached hydrogens (tertiary/aromatic N) is 1. The van der Waals surface area contributed by atoms with Crippen molar-refractivity contribution in [2.45, 2.75) is 66.2 Å². The van der Waals surface area contributed by atoms with Crippen LogP contribution in [-0.2, 0) is 14.4 Å². The van der Waals surface area contributed by atoms with Gasteiger partial charge in [-0.1, -0.05) is 51.0 Å². The van der Waals surface area contributed by atoms with Gasteiger partial charge in [-0.25, -0.2) is 4.90 Å². The number of aromatic hydroxyl groups is 1. The van der Waals surface area contributed by atoms with E-state index in [0.29, 0.717) is 6.42 Å². The molecule has 7 rings (SSSR count). The standard InChI is InChI=1S/C30H37NO5/c1-16(2)18-15-30-13-10-21-28(3,11-7-12-29(21,4)27(35)36)22(30)14-17(18)23-24(30)26(34)31(25(23)33)19-8-5-6-9-20(19)32/h5-6,8-9,15-17,21-24,32H,7,10-14H2,1-4H3,(H,35,36)/t17-,21+,22-,23+,24-,28-,29+,30+/m0/s1. The molecule has 0 unspecified atom stereocenters. The number of carbonyl (C=O) groups excluding carboxylic acids is 2. The van der Waals surface area contributed by atoms with Crippen LogP contribution in [0.2, 0.25) is 0 Å². The largest absolute Gasteiger partial charge is 0.506 e. The van der Waals surface area contributed by atoms with Crippen LogP contribution >= 0.6 is 0 Å². The van der Waals surface area contributed by atoms with Gasteiger partial charge >= 0.3 is 5.97 Å². The summed E-state index contributed by atoms with van der Waals surface area (Å²) in [5, 5.41) is 20.8. The summed E-state index contributed by atoms with van der Waals surface area (Å²) in [5.41, 5.74) is 0.153. The maximum absolute atomic E-state index is 14.2. The molecule has 2 amide bonds. The molecule has 8 atom stereocenters. The van der Waals surface area contributed by atoms with Gasteiger partial charge in [-0.2, -0.15) is 0 Å². The zero-order valence-corrected chi connectivity index (χ0v) is 21.7. The number of carboxylic acid groups (broad SMARTS) is 1. The molecule has 4 fully saturated rings. The summed E-state index contributed by atoms with van der Waals surface area (Å²) < 4.78 is 0. The number of fused-ring (bicyclic) bond motifs is 1. The molecule has 1 heterocycles. The third kappa shape index (κ3) is 2.71. The van der Waals surface area contributed by atoms with Crippen LogP contribution in [0.5, 0.6) is 5.75 Å². The van der Waals surface area contributed by atoms with E-state index in [-0.39, 0.29) is 52.3 Å². The number of phenols is 1. The third-order valence-electron chi connectivity index (χ3n) is 11.3. The average Bonchev–Trinajstić information content (AvgIpc) is 3.10. The predicted octanol–water partition coefficient (Wildman–Crippen LogP) is 5.41. The number of carboxylic acids is 1. The summed E-state index contributed by atoms with van der Waals surface area (Å²) >= 11 is 0. The quantitative estimate of drug-likeness (QED) is 0.436. The fourth-order valence-electron chi connectivity index (χ4n) is 9.85. The molecule has 1 aliphatic heterocycles. The highest BCUT2D eigenvalue weighted by atomic mass is 16.4. The molecule has 192 valence electrons. The van der Waals surface area contributed by atoms with Crippen molar-refractivity contribution < 1.29 is 24.6 Å². The maximum atomic E-state index is 14.2. The van der Waals surface area contributed by atoms with Crippen LogP contribution in [0.4, 0.5) is 5.69 Å². The molecule has 0 aromatic heterocycles. The minimum Gasteiger partial charge on any atom is -0.506 e. The Kier molecular flexibility index (Phi) is 4.92. The Bertz CT molecular complexity index is 1200. The van der Waals surface area contributed by atoms with Gasteiger partial charge in [0.25, 0.3) is 0 Å². The van der Waals surface area contributed by atoms with Crippen LogP contribution in [0.3, 0.4) is 0 Å². The summed E-state index contributed by atoms with van der Waals surface area (Å²) in [6, 6.07) is 6.60. The van der Waals surface area contributed by atoms with Gasteiger partial charge in [0.1, 0.15) is 5.75 Å². The number of anilines is 1. The first-order valence-electron chi connectivity index (χ1n) is 13.6. The van der Waals surface area contributed by atoms with Crippen molar-refractivity contribution in [1.29, 1.82) is 0 Å². The summed E-state index contributed by atoms with van der Waals surface area (Å²) in [6.07, 6.45) is 7.24. The van der Waals surface area contributed by atoms with E-state index in [1.165, 1.54) is 16.5 Å². The van der Waals surface area contributed by atoms with E-state index in [9.17, 15) is 24.6 Å². The number of para-hydroxylation sites is 2. The van der Waals surface area contributed by atoms with Crippen molar-refractivity contribution in [3.63, 3.8) is 0 Å². The molecule has 2 bridgehead atoms.